The molecule has 0 atom stereocenters. The molecule has 7 nitrogen and oxygen atoms in total. The third kappa shape index (κ3) is 4.00. The number of benzene rings is 2. The van der Waals surface area contributed by atoms with Crippen molar-refractivity contribution in [1.29, 1.82) is 0 Å². The van der Waals surface area contributed by atoms with Crippen molar-refractivity contribution >= 4 is 34.0 Å². The van der Waals surface area contributed by atoms with Gasteiger partial charge in [-0.25, -0.2) is 23.4 Å². The molecule has 37 heavy (non-hydrogen) atoms. The van der Waals surface area contributed by atoms with Gasteiger partial charge in [-0.2, -0.15) is 0 Å². The van der Waals surface area contributed by atoms with E-state index in [2.05, 4.69) is 11.6 Å². The highest BCUT2D eigenvalue weighted by Crippen LogP contribution is 2.42. The molecule has 5 rings (SSSR count). The predicted octanol–water partition coefficient (Wildman–Crippen LogP) is 5.69. The summed E-state index contributed by atoms with van der Waals surface area (Å²) in [6.45, 7) is 6.61. The maximum atomic E-state index is 14.3. The molecule has 0 amide bonds. The molecule has 0 aliphatic carbocycles. The van der Waals surface area contributed by atoms with Crippen molar-refractivity contribution in [3.63, 3.8) is 0 Å². The fraction of sp³-hybridized carbons (Fsp3) is 0.250. The van der Waals surface area contributed by atoms with E-state index in [1.165, 1.54) is 24.4 Å². The number of hydrogen-bond donors (Lipinski definition) is 1. The summed E-state index contributed by atoms with van der Waals surface area (Å²) < 4.78 is 31.8. The lowest BCUT2D eigenvalue weighted by Gasteiger charge is -2.33. The van der Waals surface area contributed by atoms with E-state index >= 15 is 0 Å². The van der Waals surface area contributed by atoms with Gasteiger partial charge < -0.3 is 10.0 Å². The summed E-state index contributed by atoms with van der Waals surface area (Å²) in [5.41, 5.74) is 5.87. The van der Waals surface area contributed by atoms with Gasteiger partial charge in [0.2, 0.25) is 0 Å². The summed E-state index contributed by atoms with van der Waals surface area (Å²) in [6, 6.07) is 9.99. The number of imidazole rings is 1. The Hall–Kier alpha value is -4.27. The lowest BCUT2D eigenvalue weighted by Crippen LogP contribution is -2.25. The number of anilines is 2. The van der Waals surface area contributed by atoms with Crippen LogP contribution in [0, 0.1) is 0 Å². The zero-order chi connectivity index (χ0) is 26.6. The van der Waals surface area contributed by atoms with Gasteiger partial charge in [-0.1, -0.05) is 12.6 Å². The fourth-order valence-corrected chi connectivity index (χ4v) is 5.14. The van der Waals surface area contributed by atoms with E-state index in [-0.39, 0.29) is 16.9 Å². The summed E-state index contributed by atoms with van der Waals surface area (Å²) in [5.74, 6) is -1.18. The van der Waals surface area contributed by atoms with Gasteiger partial charge in [0.1, 0.15) is 5.69 Å². The topological polar surface area (TPSA) is 80.4 Å². The Morgan fingerprint density at radius 3 is 2.51 bits per heavy atom. The largest absolute Gasteiger partial charge is 0.477 e. The number of rotatable bonds is 5. The van der Waals surface area contributed by atoms with Gasteiger partial charge in [0.15, 0.2) is 0 Å². The van der Waals surface area contributed by atoms with Crippen molar-refractivity contribution in [2.24, 2.45) is 14.1 Å². The first-order valence-electron chi connectivity index (χ1n) is 11.9. The highest BCUT2D eigenvalue weighted by atomic mass is 19.3. The number of carboxylic acid groups (broad SMARTS) is 1. The second-order valence-corrected chi connectivity index (χ2v) is 9.40. The number of hydrogen-bond acceptors (Lipinski definition) is 4. The standard InChI is InChI=1S/C28H26F2N4O3/c1-15(2)19-11-18(12-24-25(19)33(4)28(37)32(24)3)34-9-5-6-16-10-20(21(26(29)30)13-23(16)34)17-7-8-22(27(35)36)31-14-17/h7-8,10-14,26H,1,5-6,9H2,2-4H3,(H,35,36). The summed E-state index contributed by atoms with van der Waals surface area (Å²) in [5, 5.41) is 9.12. The van der Waals surface area contributed by atoms with Crippen LogP contribution in [-0.4, -0.2) is 31.7 Å². The van der Waals surface area contributed by atoms with Gasteiger partial charge in [-0.3, -0.25) is 9.13 Å². The summed E-state index contributed by atoms with van der Waals surface area (Å²) >= 11 is 0. The van der Waals surface area contributed by atoms with Gasteiger partial charge in [0.05, 0.1) is 11.0 Å². The first-order chi connectivity index (χ1) is 17.6. The Morgan fingerprint density at radius 1 is 1.14 bits per heavy atom. The van der Waals surface area contributed by atoms with E-state index in [9.17, 15) is 18.4 Å². The van der Waals surface area contributed by atoms with E-state index in [1.54, 1.807) is 29.3 Å². The molecule has 1 N–H and O–H groups in total. The number of carboxylic acids is 1. The number of pyridine rings is 1. The molecule has 0 spiro atoms. The van der Waals surface area contributed by atoms with Crippen LogP contribution in [0.15, 0.2) is 54.0 Å². The van der Waals surface area contributed by atoms with Crippen LogP contribution in [0.25, 0.3) is 27.7 Å². The van der Waals surface area contributed by atoms with Crippen LogP contribution in [-0.2, 0) is 20.5 Å². The van der Waals surface area contributed by atoms with E-state index in [4.69, 9.17) is 5.11 Å². The number of aromatic nitrogens is 3. The lowest BCUT2D eigenvalue weighted by molar-refractivity contribution is 0.0690. The minimum atomic E-state index is -2.74. The second kappa shape index (κ2) is 8.99. The number of aryl methyl sites for hydroxylation is 3. The number of fused-ring (bicyclic) bond motifs is 2. The van der Waals surface area contributed by atoms with Crippen molar-refractivity contribution in [3.8, 4) is 11.1 Å². The Bertz CT molecular complexity index is 1630. The zero-order valence-electron chi connectivity index (χ0n) is 20.8. The summed E-state index contributed by atoms with van der Waals surface area (Å²) in [7, 11) is 3.44. The number of halogens is 2. The van der Waals surface area contributed by atoms with Crippen molar-refractivity contribution in [2.45, 2.75) is 26.2 Å². The van der Waals surface area contributed by atoms with Gasteiger partial charge in [0.25, 0.3) is 6.43 Å². The zero-order valence-corrected chi connectivity index (χ0v) is 20.8. The minimum absolute atomic E-state index is 0.148. The van der Waals surface area contributed by atoms with Crippen molar-refractivity contribution in [2.75, 3.05) is 11.4 Å². The monoisotopic (exact) mass is 504 g/mol. The molecular weight excluding hydrogens is 478 g/mol. The molecule has 1 aliphatic heterocycles. The molecule has 2 aromatic carbocycles. The Labute approximate surface area is 211 Å². The molecular formula is C28H26F2N4O3. The molecule has 0 unspecified atom stereocenters. The highest BCUT2D eigenvalue weighted by Gasteiger charge is 2.26. The smallest absolute Gasteiger partial charge is 0.354 e. The maximum absolute atomic E-state index is 14.3. The number of alkyl halides is 2. The van der Waals surface area contributed by atoms with E-state index in [1.807, 2.05) is 24.0 Å². The molecule has 0 saturated carbocycles. The van der Waals surface area contributed by atoms with E-state index in [0.717, 1.165) is 39.8 Å². The van der Waals surface area contributed by atoms with Crippen LogP contribution in [0.5, 0.6) is 0 Å². The second-order valence-electron chi connectivity index (χ2n) is 9.40. The molecule has 0 bridgehead atoms. The SMILES string of the molecule is C=C(C)c1cc(N2CCCc3cc(-c4ccc(C(=O)O)nc4)c(C(F)F)cc32)cc2c1n(C)c(=O)n2C. The van der Waals surface area contributed by atoms with E-state index < -0.39 is 12.4 Å². The van der Waals surface area contributed by atoms with Gasteiger partial charge in [-0.15, -0.1) is 0 Å². The Balaban J connectivity index is 1.69. The first-order valence-corrected chi connectivity index (χ1v) is 11.9. The molecule has 190 valence electrons. The number of nitrogens with zero attached hydrogens (tertiary/aromatic N) is 4. The molecule has 0 saturated heterocycles. The molecule has 1 aliphatic rings. The van der Waals surface area contributed by atoms with Crippen molar-refractivity contribution in [3.05, 3.63) is 82.0 Å². The van der Waals surface area contributed by atoms with Crippen LogP contribution in [0.3, 0.4) is 0 Å². The van der Waals surface area contributed by atoms with Crippen LogP contribution < -0.4 is 10.6 Å². The maximum Gasteiger partial charge on any atom is 0.354 e. The minimum Gasteiger partial charge on any atom is -0.477 e. The third-order valence-corrected chi connectivity index (χ3v) is 7.01. The normalized spacial score (nSPS) is 13.3. The Morgan fingerprint density at radius 2 is 1.89 bits per heavy atom. The molecule has 4 aromatic rings. The van der Waals surface area contributed by atoms with Crippen LogP contribution in [0.4, 0.5) is 20.2 Å². The molecule has 0 radical (unpaired) electrons. The van der Waals surface area contributed by atoms with Crippen molar-refractivity contribution < 1.29 is 18.7 Å². The van der Waals surface area contributed by atoms with Gasteiger partial charge in [-0.05, 0) is 66.8 Å². The van der Waals surface area contributed by atoms with Gasteiger partial charge in [0, 0.05) is 54.9 Å². The average molecular weight is 505 g/mol. The molecule has 9 heteroatoms. The van der Waals surface area contributed by atoms with Gasteiger partial charge >= 0.3 is 11.7 Å². The fourth-order valence-electron chi connectivity index (χ4n) is 5.14. The average Bonchev–Trinajstić information content (AvgIpc) is 3.10. The van der Waals surface area contributed by atoms with E-state index in [0.29, 0.717) is 29.8 Å². The number of allylic oxidation sites excluding steroid dienone is 1. The molecule has 0 fully saturated rings. The summed E-state index contributed by atoms with van der Waals surface area (Å²) in [6.07, 6.45) is 0.0973. The summed E-state index contributed by atoms with van der Waals surface area (Å²) in [4.78, 5) is 29.7. The van der Waals surface area contributed by atoms with Crippen molar-refractivity contribution in [1.82, 2.24) is 14.1 Å². The Kier molecular flexibility index (Phi) is 5.94. The molecule has 3 heterocycles. The predicted molar refractivity (Wildman–Crippen MR) is 140 cm³/mol. The molecule has 2 aromatic heterocycles. The van der Waals surface area contributed by atoms with Crippen LogP contribution in [0.2, 0.25) is 0 Å². The van der Waals surface area contributed by atoms with Crippen LogP contribution >= 0.6 is 0 Å². The first kappa shape index (κ1) is 24.4. The highest BCUT2D eigenvalue weighted by molar-refractivity contribution is 5.93. The quantitative estimate of drug-likeness (QED) is 0.378. The number of carbonyl (C=O) groups is 1. The number of aromatic carboxylic acids is 1. The van der Waals surface area contributed by atoms with Crippen LogP contribution in [0.1, 0.15) is 46.9 Å². The third-order valence-electron chi connectivity index (χ3n) is 7.01. The lowest BCUT2D eigenvalue weighted by atomic mass is 9.92.